The molecule has 0 bridgehead atoms. The van der Waals surface area contributed by atoms with Gasteiger partial charge in [-0.05, 0) is 13.8 Å². The molecule has 0 saturated carbocycles. The lowest BCUT2D eigenvalue weighted by Crippen LogP contribution is -2.16. The molecule has 0 aromatic heterocycles. The van der Waals surface area contributed by atoms with E-state index in [1.807, 2.05) is 13.8 Å². The van der Waals surface area contributed by atoms with Gasteiger partial charge in [0.2, 0.25) is 0 Å². The molecule has 25 heavy (non-hydrogen) atoms. The fraction of sp³-hybridized carbons (Fsp3) is 1.00. The van der Waals surface area contributed by atoms with Crippen molar-refractivity contribution < 1.29 is 33.2 Å². The first-order valence-electron chi connectivity index (χ1n) is 8.30. The van der Waals surface area contributed by atoms with Gasteiger partial charge in [0.05, 0.1) is 38.1 Å². The van der Waals surface area contributed by atoms with E-state index in [9.17, 15) is 0 Å². The smallest absolute Gasteiger partial charge is 0.271 e. The molecule has 3 saturated heterocycles. The number of rotatable bonds is 7. The molecule has 3 fully saturated rings. The van der Waals surface area contributed by atoms with E-state index in [0.717, 1.165) is 17.3 Å². The predicted molar refractivity (Wildman–Crippen MR) is 101 cm³/mol. The van der Waals surface area contributed by atoms with Crippen LogP contribution in [0.4, 0.5) is 0 Å². The normalized spacial score (nSPS) is 37.9. The quantitative estimate of drug-likeness (QED) is 0.382. The highest BCUT2D eigenvalue weighted by atomic mass is 33.1. The Balaban J connectivity index is 0.000000236. The van der Waals surface area contributed by atoms with Crippen molar-refractivity contribution in [2.24, 2.45) is 0 Å². The minimum absolute atomic E-state index is 0.0212. The highest BCUT2D eigenvalue weighted by molar-refractivity contribution is 8.76. The predicted octanol–water partition coefficient (Wildman–Crippen LogP) is 2.15. The number of ether oxygens (including phenoxy) is 7. The zero-order valence-corrected chi connectivity index (χ0v) is 17.4. The summed E-state index contributed by atoms with van der Waals surface area (Å²) in [5.41, 5.74) is 0. The highest BCUT2D eigenvalue weighted by Gasteiger charge is 2.26. The van der Waals surface area contributed by atoms with Crippen LogP contribution in [-0.2, 0) is 33.2 Å². The molecule has 10 heteroatoms. The van der Waals surface area contributed by atoms with Crippen molar-refractivity contribution in [2.45, 2.75) is 51.2 Å². The molecule has 0 aromatic rings. The molecule has 0 amide bonds. The summed E-state index contributed by atoms with van der Waals surface area (Å²) >= 11 is 4.05. The molecular weight excluding hydrogens is 388 g/mol. The van der Waals surface area contributed by atoms with Gasteiger partial charge in [0.25, 0.3) is 6.48 Å². The molecule has 7 nitrogen and oxygen atoms in total. The van der Waals surface area contributed by atoms with Gasteiger partial charge in [-0.15, -0.1) is 0 Å². The molecule has 0 N–H and O–H groups in total. The number of hydrogen-bond acceptors (Lipinski definition) is 10. The second-order valence-electron chi connectivity index (χ2n) is 5.69. The Morgan fingerprint density at radius 1 is 0.840 bits per heavy atom. The zero-order valence-electron chi connectivity index (χ0n) is 14.8. The molecular formula is C15H28O7S3. The molecule has 3 heterocycles. The molecule has 6 unspecified atom stereocenters. The van der Waals surface area contributed by atoms with Crippen molar-refractivity contribution in [2.75, 3.05) is 44.2 Å². The van der Waals surface area contributed by atoms with Crippen LogP contribution in [0.2, 0.25) is 0 Å². The van der Waals surface area contributed by atoms with Gasteiger partial charge < -0.3 is 33.2 Å². The fourth-order valence-corrected chi connectivity index (χ4v) is 4.77. The standard InChI is InChI=1S/C10H18O5S2.C5H10O2S/c1-7-12-3-8(14-7)5-16-17-6-9-4-13-10(11-2)15-9;1-4-6-2-5(3-8)7-4/h7-10H,3-6H2,1-2H3;4-5,8H,2-3H2,1H3. The minimum Gasteiger partial charge on any atom is -0.350 e. The summed E-state index contributed by atoms with van der Waals surface area (Å²) in [5.74, 6) is 2.59. The molecule has 6 atom stereocenters. The van der Waals surface area contributed by atoms with Crippen LogP contribution in [0.3, 0.4) is 0 Å². The summed E-state index contributed by atoms with van der Waals surface area (Å²) in [6, 6.07) is 0. The summed E-state index contributed by atoms with van der Waals surface area (Å²) in [7, 11) is 5.13. The van der Waals surface area contributed by atoms with Crippen LogP contribution in [0.5, 0.6) is 0 Å². The number of hydrogen-bond donors (Lipinski definition) is 1. The SMILES string of the molecule is CC1OCC(CS)O1.COC1OCC(CSSCC2COC(C)O2)O1. The van der Waals surface area contributed by atoms with Gasteiger partial charge in [0.1, 0.15) is 0 Å². The Morgan fingerprint density at radius 2 is 1.36 bits per heavy atom. The van der Waals surface area contributed by atoms with Crippen molar-refractivity contribution in [1.29, 1.82) is 0 Å². The topological polar surface area (TPSA) is 64.6 Å². The van der Waals surface area contributed by atoms with Crippen LogP contribution in [0.1, 0.15) is 13.8 Å². The Hall–Kier alpha value is 0.770. The highest BCUT2D eigenvalue weighted by Crippen LogP contribution is 2.28. The lowest BCUT2D eigenvalue weighted by atomic mass is 10.4. The van der Waals surface area contributed by atoms with E-state index in [1.165, 1.54) is 0 Å². The second-order valence-corrected chi connectivity index (χ2v) is 8.60. The van der Waals surface area contributed by atoms with Crippen molar-refractivity contribution in [3.05, 3.63) is 0 Å². The average molecular weight is 417 g/mol. The van der Waals surface area contributed by atoms with Crippen molar-refractivity contribution >= 4 is 34.2 Å². The van der Waals surface area contributed by atoms with E-state index in [2.05, 4.69) is 12.6 Å². The average Bonchev–Trinajstić information content (AvgIpc) is 3.33. The van der Waals surface area contributed by atoms with Gasteiger partial charge in [-0.2, -0.15) is 12.6 Å². The maximum Gasteiger partial charge on any atom is 0.271 e. The van der Waals surface area contributed by atoms with Crippen LogP contribution in [0.15, 0.2) is 0 Å². The Bertz CT molecular complexity index is 366. The summed E-state index contributed by atoms with van der Waals surface area (Å²) in [5, 5.41) is 0. The van der Waals surface area contributed by atoms with Gasteiger partial charge in [0, 0.05) is 24.4 Å². The molecule has 3 rings (SSSR count). The van der Waals surface area contributed by atoms with Crippen molar-refractivity contribution in [3.63, 3.8) is 0 Å². The lowest BCUT2D eigenvalue weighted by Gasteiger charge is -2.10. The molecule has 3 aliphatic rings. The molecule has 0 aliphatic carbocycles. The first kappa shape index (κ1) is 22.1. The summed E-state index contributed by atoms with van der Waals surface area (Å²) in [6.07, 6.45) is 0.479. The fourth-order valence-electron chi connectivity index (χ4n) is 2.25. The first-order chi connectivity index (χ1) is 12.1. The molecule has 3 aliphatic heterocycles. The van der Waals surface area contributed by atoms with E-state index >= 15 is 0 Å². The first-order valence-corrected chi connectivity index (χ1v) is 11.4. The van der Waals surface area contributed by atoms with Gasteiger partial charge in [0.15, 0.2) is 12.6 Å². The number of thiol groups is 1. The van der Waals surface area contributed by atoms with Gasteiger partial charge in [-0.3, -0.25) is 0 Å². The molecule has 148 valence electrons. The Morgan fingerprint density at radius 3 is 1.76 bits per heavy atom. The summed E-state index contributed by atoms with van der Waals surface area (Å²) in [6.45, 7) is 5.33. The van der Waals surface area contributed by atoms with E-state index in [-0.39, 0.29) is 30.9 Å². The van der Waals surface area contributed by atoms with E-state index in [1.54, 1.807) is 28.7 Å². The zero-order chi connectivity index (χ0) is 18.1. The molecule has 0 radical (unpaired) electrons. The van der Waals surface area contributed by atoms with Crippen LogP contribution in [0.25, 0.3) is 0 Å². The van der Waals surface area contributed by atoms with E-state index in [4.69, 9.17) is 33.2 Å². The third-order valence-electron chi connectivity index (χ3n) is 3.51. The van der Waals surface area contributed by atoms with Crippen LogP contribution in [-0.4, -0.2) is 81.6 Å². The van der Waals surface area contributed by atoms with Gasteiger partial charge >= 0.3 is 0 Å². The summed E-state index contributed by atoms with van der Waals surface area (Å²) in [4.78, 5) is 0. The maximum atomic E-state index is 5.54. The summed E-state index contributed by atoms with van der Waals surface area (Å²) < 4.78 is 36.8. The van der Waals surface area contributed by atoms with Crippen molar-refractivity contribution in [1.82, 2.24) is 0 Å². The largest absolute Gasteiger partial charge is 0.350 e. The van der Waals surface area contributed by atoms with Gasteiger partial charge in [-0.25, -0.2) is 0 Å². The Labute approximate surface area is 162 Å². The van der Waals surface area contributed by atoms with Crippen LogP contribution >= 0.6 is 34.2 Å². The molecule has 0 spiro atoms. The van der Waals surface area contributed by atoms with Crippen molar-refractivity contribution in [3.8, 4) is 0 Å². The third kappa shape index (κ3) is 8.54. The third-order valence-corrected chi connectivity index (χ3v) is 6.42. The number of methoxy groups -OCH3 is 1. The monoisotopic (exact) mass is 416 g/mol. The van der Waals surface area contributed by atoms with E-state index in [0.29, 0.717) is 19.8 Å². The molecule has 0 aromatic carbocycles. The Kier molecular flexibility index (Phi) is 10.8. The maximum absolute atomic E-state index is 5.54. The second kappa shape index (κ2) is 12.3. The van der Waals surface area contributed by atoms with E-state index < -0.39 is 6.48 Å². The van der Waals surface area contributed by atoms with Crippen LogP contribution < -0.4 is 0 Å². The van der Waals surface area contributed by atoms with Gasteiger partial charge in [-0.1, -0.05) is 21.6 Å². The van der Waals surface area contributed by atoms with Crippen LogP contribution in [0, 0.1) is 0 Å². The lowest BCUT2D eigenvalue weighted by molar-refractivity contribution is -0.221. The minimum atomic E-state index is -0.488.